The number of benzene rings is 1. The lowest BCUT2D eigenvalue weighted by atomic mass is 10.1. The highest BCUT2D eigenvalue weighted by Crippen LogP contribution is 2.25. The fourth-order valence-electron chi connectivity index (χ4n) is 2.53. The number of carbonyl (C=O) groups excluding carboxylic acids is 2. The summed E-state index contributed by atoms with van der Waals surface area (Å²) in [7, 11) is 1.26. The first-order valence-corrected chi connectivity index (χ1v) is 12.2. The molecule has 27 heavy (non-hydrogen) atoms. The SMILES string of the molecule is CCOC(=O)c1cc([Si](C)(C)C)nn1CC(=O)c1cc(OC)ccc1OC. The molecule has 0 aliphatic heterocycles. The average Bonchev–Trinajstić information content (AvgIpc) is 3.05. The smallest absolute Gasteiger partial charge is 0.356 e. The molecule has 0 fully saturated rings. The minimum atomic E-state index is -1.77. The second kappa shape index (κ2) is 8.39. The van der Waals surface area contributed by atoms with Crippen LogP contribution in [0.2, 0.25) is 19.6 Å². The van der Waals surface area contributed by atoms with Gasteiger partial charge in [-0.2, -0.15) is 5.10 Å². The van der Waals surface area contributed by atoms with Crippen LogP contribution >= 0.6 is 0 Å². The molecule has 1 aromatic carbocycles. The van der Waals surface area contributed by atoms with Gasteiger partial charge in [0, 0.05) is 5.32 Å². The number of hydrogen-bond donors (Lipinski definition) is 0. The predicted octanol–water partition coefficient (Wildman–Crippen LogP) is 2.51. The zero-order chi connectivity index (χ0) is 20.2. The fraction of sp³-hybridized carbons (Fsp3) is 0.421. The number of ether oxygens (including phenoxy) is 3. The zero-order valence-corrected chi connectivity index (χ0v) is 17.7. The molecule has 0 spiro atoms. The first-order chi connectivity index (χ1) is 12.7. The van der Waals surface area contributed by atoms with Gasteiger partial charge in [0.05, 0.1) is 26.4 Å². The highest BCUT2D eigenvalue weighted by atomic mass is 28.3. The molecule has 7 nitrogen and oxygen atoms in total. The lowest BCUT2D eigenvalue weighted by Crippen LogP contribution is -2.39. The molecule has 0 saturated carbocycles. The summed E-state index contributed by atoms with van der Waals surface area (Å²) < 4.78 is 17.0. The Kier molecular flexibility index (Phi) is 6.43. The van der Waals surface area contributed by atoms with Crippen LogP contribution in [0.5, 0.6) is 11.5 Å². The monoisotopic (exact) mass is 390 g/mol. The number of nitrogens with zero attached hydrogens (tertiary/aromatic N) is 2. The normalized spacial score (nSPS) is 11.2. The van der Waals surface area contributed by atoms with Crippen LogP contribution in [0.15, 0.2) is 24.3 Å². The zero-order valence-electron chi connectivity index (χ0n) is 16.7. The van der Waals surface area contributed by atoms with E-state index in [1.54, 1.807) is 31.2 Å². The third kappa shape index (κ3) is 4.76. The van der Waals surface area contributed by atoms with E-state index in [4.69, 9.17) is 14.2 Å². The lowest BCUT2D eigenvalue weighted by Gasteiger charge is -2.12. The van der Waals surface area contributed by atoms with Gasteiger partial charge in [-0.3, -0.25) is 9.48 Å². The van der Waals surface area contributed by atoms with E-state index in [1.807, 2.05) is 0 Å². The van der Waals surface area contributed by atoms with E-state index in [-0.39, 0.29) is 24.6 Å². The second-order valence-electron chi connectivity index (χ2n) is 7.03. The number of esters is 1. The number of methoxy groups -OCH3 is 2. The first-order valence-electron chi connectivity index (χ1n) is 8.72. The van der Waals surface area contributed by atoms with Gasteiger partial charge in [-0.1, -0.05) is 19.6 Å². The summed E-state index contributed by atoms with van der Waals surface area (Å²) >= 11 is 0. The number of aromatic nitrogens is 2. The van der Waals surface area contributed by atoms with Gasteiger partial charge in [-0.25, -0.2) is 4.79 Å². The van der Waals surface area contributed by atoms with Gasteiger partial charge in [-0.15, -0.1) is 0 Å². The Hall–Kier alpha value is -2.61. The number of Topliss-reactive ketones (excluding diaryl/α,β-unsaturated/α-hetero) is 1. The van der Waals surface area contributed by atoms with Gasteiger partial charge >= 0.3 is 5.97 Å². The maximum absolute atomic E-state index is 12.9. The van der Waals surface area contributed by atoms with E-state index in [2.05, 4.69) is 24.7 Å². The summed E-state index contributed by atoms with van der Waals surface area (Å²) in [5, 5.41) is 5.38. The Labute approximate surface area is 160 Å². The van der Waals surface area contributed by atoms with E-state index in [1.165, 1.54) is 18.9 Å². The summed E-state index contributed by atoms with van der Waals surface area (Å²) in [6, 6.07) is 6.75. The van der Waals surface area contributed by atoms with Crippen LogP contribution in [0.3, 0.4) is 0 Å². The Balaban J connectivity index is 2.42. The minimum Gasteiger partial charge on any atom is -0.497 e. The van der Waals surface area contributed by atoms with Crippen molar-refractivity contribution in [1.29, 1.82) is 0 Å². The van der Waals surface area contributed by atoms with E-state index in [0.29, 0.717) is 17.1 Å². The highest BCUT2D eigenvalue weighted by Gasteiger charge is 2.26. The van der Waals surface area contributed by atoms with Gasteiger partial charge in [-0.05, 0) is 31.2 Å². The Bertz CT molecular complexity index is 839. The topological polar surface area (TPSA) is 79.7 Å². The third-order valence-corrected chi connectivity index (χ3v) is 5.81. The van der Waals surface area contributed by atoms with Crippen molar-refractivity contribution in [3.8, 4) is 11.5 Å². The van der Waals surface area contributed by atoms with Crippen molar-refractivity contribution in [2.24, 2.45) is 0 Å². The molecule has 2 aromatic rings. The number of carbonyl (C=O) groups is 2. The average molecular weight is 391 g/mol. The van der Waals surface area contributed by atoms with Crippen LogP contribution in [0.4, 0.5) is 0 Å². The highest BCUT2D eigenvalue weighted by molar-refractivity contribution is 6.88. The molecule has 0 atom stereocenters. The molecule has 2 rings (SSSR count). The van der Waals surface area contributed by atoms with Gasteiger partial charge < -0.3 is 14.2 Å². The van der Waals surface area contributed by atoms with Crippen LogP contribution in [0, 0.1) is 0 Å². The molecular weight excluding hydrogens is 364 g/mol. The molecule has 0 amide bonds. The molecule has 0 bridgehead atoms. The molecule has 0 saturated heterocycles. The van der Waals surface area contributed by atoms with Crippen LogP contribution in [0.1, 0.15) is 27.8 Å². The molecule has 1 aromatic heterocycles. The molecule has 0 N–H and O–H groups in total. The number of hydrogen-bond acceptors (Lipinski definition) is 6. The predicted molar refractivity (Wildman–Crippen MR) is 105 cm³/mol. The van der Waals surface area contributed by atoms with Gasteiger partial charge in [0.25, 0.3) is 0 Å². The minimum absolute atomic E-state index is 0.0951. The van der Waals surface area contributed by atoms with Gasteiger partial charge in [0.1, 0.15) is 31.8 Å². The fourth-order valence-corrected chi connectivity index (χ4v) is 3.52. The number of rotatable bonds is 8. The number of ketones is 1. The Morgan fingerprint density at radius 1 is 1.11 bits per heavy atom. The van der Waals surface area contributed by atoms with E-state index >= 15 is 0 Å². The summed E-state index contributed by atoms with van der Waals surface area (Å²) in [4.78, 5) is 25.2. The standard InChI is InChI=1S/C19H26N2O5Si/c1-7-26-19(23)15-11-18(27(4,5)6)20-21(15)12-16(22)14-10-13(24-2)8-9-17(14)25-3/h8-11H,7,12H2,1-6H3. The molecule has 146 valence electrons. The lowest BCUT2D eigenvalue weighted by molar-refractivity contribution is 0.0512. The summed E-state index contributed by atoms with van der Waals surface area (Å²) in [6.07, 6.45) is 0. The van der Waals surface area contributed by atoms with Gasteiger partial charge in [0.2, 0.25) is 0 Å². The first kappa shape index (κ1) is 20.7. The van der Waals surface area contributed by atoms with Crippen LogP contribution in [-0.4, -0.2) is 50.4 Å². The molecular formula is C19H26N2O5Si. The van der Waals surface area contributed by atoms with Crippen LogP contribution in [-0.2, 0) is 11.3 Å². The van der Waals surface area contributed by atoms with E-state index < -0.39 is 14.0 Å². The van der Waals surface area contributed by atoms with Crippen molar-refractivity contribution >= 4 is 25.1 Å². The molecule has 0 radical (unpaired) electrons. The third-order valence-electron chi connectivity index (χ3n) is 4.03. The maximum Gasteiger partial charge on any atom is 0.356 e. The van der Waals surface area contributed by atoms with Crippen molar-refractivity contribution < 1.29 is 23.8 Å². The largest absolute Gasteiger partial charge is 0.497 e. The molecule has 1 heterocycles. The van der Waals surface area contributed by atoms with Crippen molar-refractivity contribution in [3.63, 3.8) is 0 Å². The van der Waals surface area contributed by atoms with Gasteiger partial charge in [0.15, 0.2) is 5.78 Å². The van der Waals surface area contributed by atoms with E-state index in [9.17, 15) is 9.59 Å². The Morgan fingerprint density at radius 2 is 1.81 bits per heavy atom. The summed E-state index contributed by atoms with van der Waals surface area (Å²) in [6.45, 7) is 8.28. The quantitative estimate of drug-likeness (QED) is 0.391. The second-order valence-corrected chi connectivity index (χ2v) is 12.0. The van der Waals surface area contributed by atoms with Crippen LogP contribution < -0.4 is 14.8 Å². The molecule has 0 aliphatic rings. The summed E-state index contributed by atoms with van der Waals surface area (Å²) in [5.74, 6) is 0.269. The van der Waals surface area contributed by atoms with Crippen molar-refractivity contribution in [2.75, 3.05) is 20.8 Å². The Morgan fingerprint density at radius 3 is 2.37 bits per heavy atom. The van der Waals surface area contributed by atoms with Crippen molar-refractivity contribution in [2.45, 2.75) is 33.1 Å². The van der Waals surface area contributed by atoms with E-state index in [0.717, 1.165) is 5.32 Å². The molecule has 8 heteroatoms. The maximum atomic E-state index is 12.9. The van der Waals surface area contributed by atoms with Crippen LogP contribution in [0.25, 0.3) is 0 Å². The molecule has 0 unspecified atom stereocenters. The summed E-state index contributed by atoms with van der Waals surface area (Å²) in [5.41, 5.74) is 0.654. The molecule has 0 aliphatic carbocycles. The van der Waals surface area contributed by atoms with Crippen molar-refractivity contribution in [1.82, 2.24) is 9.78 Å². The van der Waals surface area contributed by atoms with Crippen molar-refractivity contribution in [3.05, 3.63) is 35.5 Å².